The quantitative estimate of drug-likeness (QED) is 0.754. The fourth-order valence-corrected chi connectivity index (χ4v) is 1.88. The van der Waals surface area contributed by atoms with Gasteiger partial charge in [0.2, 0.25) is 6.19 Å². The predicted molar refractivity (Wildman–Crippen MR) is 54.3 cm³/mol. The van der Waals surface area contributed by atoms with Crippen LogP contribution < -0.4 is 0 Å². The summed E-state index contributed by atoms with van der Waals surface area (Å²) >= 11 is 0. The number of nitrogens with zero attached hydrogens (tertiary/aromatic N) is 3. The van der Waals surface area contributed by atoms with E-state index in [0.717, 1.165) is 6.07 Å². The highest BCUT2D eigenvalue weighted by Gasteiger charge is 2.31. The van der Waals surface area contributed by atoms with Crippen molar-refractivity contribution in [2.75, 3.05) is 6.26 Å². The summed E-state index contributed by atoms with van der Waals surface area (Å²) in [4.78, 5) is 3.32. The Morgan fingerprint density at radius 1 is 1.50 bits per heavy atom. The van der Waals surface area contributed by atoms with Gasteiger partial charge < -0.3 is 0 Å². The van der Waals surface area contributed by atoms with Crippen LogP contribution in [0.15, 0.2) is 22.7 Å². The van der Waals surface area contributed by atoms with Crippen molar-refractivity contribution >= 4 is 10.7 Å². The molecule has 1 heterocycles. The second-order valence-electron chi connectivity index (χ2n) is 2.99. The third-order valence-corrected chi connectivity index (χ3v) is 2.83. The summed E-state index contributed by atoms with van der Waals surface area (Å²) in [5.74, 6) is 0.429. The molecule has 1 atom stereocenters. The molecule has 0 saturated heterocycles. The monoisotopic (exact) mass is 247 g/mol. The Kier molecular flexibility index (Phi) is 4.01. The molecule has 0 aliphatic rings. The minimum atomic E-state index is -4.41. The molecule has 0 aliphatic heterocycles. The van der Waals surface area contributed by atoms with Crippen molar-refractivity contribution in [2.24, 2.45) is 4.36 Å². The first-order valence-electron chi connectivity index (χ1n) is 4.18. The Balaban J connectivity index is 2.81. The Morgan fingerprint density at radius 2 is 2.19 bits per heavy atom. The Labute approximate surface area is 93.0 Å². The van der Waals surface area contributed by atoms with Gasteiger partial charge in [0.25, 0.3) is 0 Å². The van der Waals surface area contributed by atoms with Crippen LogP contribution >= 0.6 is 0 Å². The van der Waals surface area contributed by atoms with Crippen molar-refractivity contribution in [3.05, 3.63) is 29.6 Å². The lowest BCUT2D eigenvalue weighted by Gasteiger charge is -2.06. The zero-order valence-electron chi connectivity index (χ0n) is 8.32. The van der Waals surface area contributed by atoms with E-state index in [2.05, 4.69) is 9.35 Å². The van der Waals surface area contributed by atoms with E-state index in [0.29, 0.717) is 11.3 Å². The maximum Gasteiger partial charge on any atom is 0.433 e. The number of alkyl halides is 3. The zero-order chi connectivity index (χ0) is 12.2. The Morgan fingerprint density at radius 3 is 2.62 bits per heavy atom. The fourth-order valence-electron chi connectivity index (χ4n) is 1.02. The van der Waals surface area contributed by atoms with E-state index >= 15 is 0 Å². The van der Waals surface area contributed by atoms with E-state index in [4.69, 9.17) is 5.26 Å². The van der Waals surface area contributed by atoms with Crippen LogP contribution in [-0.2, 0) is 22.6 Å². The summed E-state index contributed by atoms with van der Waals surface area (Å²) in [7, 11) is -0.506. The molecule has 0 saturated carbocycles. The summed E-state index contributed by atoms with van der Waals surface area (Å²) in [6.07, 6.45) is 0.150. The third kappa shape index (κ3) is 3.62. The lowest BCUT2D eigenvalue weighted by molar-refractivity contribution is -0.141. The largest absolute Gasteiger partial charge is 0.433 e. The van der Waals surface area contributed by atoms with Crippen LogP contribution in [0.4, 0.5) is 13.2 Å². The molecular weight excluding hydrogens is 239 g/mol. The van der Waals surface area contributed by atoms with Crippen molar-refractivity contribution in [3.8, 4) is 6.19 Å². The van der Waals surface area contributed by atoms with Crippen LogP contribution in [0.25, 0.3) is 0 Å². The minimum absolute atomic E-state index is 0.429. The maximum atomic E-state index is 12.2. The molecule has 1 aromatic heterocycles. The molecule has 0 aromatic carbocycles. The highest BCUT2D eigenvalue weighted by molar-refractivity contribution is 7.85. The predicted octanol–water partition coefficient (Wildman–Crippen LogP) is 2.51. The Bertz CT molecular complexity index is 431. The summed E-state index contributed by atoms with van der Waals surface area (Å²) in [5, 5.41) is 8.29. The van der Waals surface area contributed by atoms with Gasteiger partial charge in [0, 0.05) is 11.9 Å². The van der Waals surface area contributed by atoms with Crippen molar-refractivity contribution in [1.82, 2.24) is 4.98 Å². The normalized spacial score (nSPS) is 13.4. The van der Waals surface area contributed by atoms with E-state index in [9.17, 15) is 13.2 Å². The molecule has 1 rings (SSSR count). The number of aromatic nitrogens is 1. The van der Waals surface area contributed by atoms with E-state index in [-0.39, 0.29) is 0 Å². The van der Waals surface area contributed by atoms with Crippen LogP contribution in [0.5, 0.6) is 0 Å². The lowest BCUT2D eigenvalue weighted by atomic mass is 10.3. The first-order chi connectivity index (χ1) is 7.43. The van der Waals surface area contributed by atoms with Gasteiger partial charge in [-0.1, -0.05) is 16.8 Å². The molecule has 0 spiro atoms. The molecule has 3 nitrogen and oxygen atoms in total. The van der Waals surface area contributed by atoms with Crippen LogP contribution in [0.1, 0.15) is 11.3 Å². The Hall–Kier alpha value is -1.42. The second kappa shape index (κ2) is 5.07. The molecule has 0 amide bonds. The average Bonchev–Trinajstić information content (AvgIpc) is 2.17. The van der Waals surface area contributed by atoms with Crippen LogP contribution in [-0.4, -0.2) is 11.2 Å². The molecule has 0 N–H and O–H groups in total. The summed E-state index contributed by atoms with van der Waals surface area (Å²) < 4.78 is 40.1. The summed E-state index contributed by atoms with van der Waals surface area (Å²) in [6.45, 7) is 0. The number of pyridine rings is 1. The number of hydrogen-bond donors (Lipinski definition) is 0. The van der Waals surface area contributed by atoms with Crippen molar-refractivity contribution in [2.45, 2.75) is 11.9 Å². The number of halogens is 3. The number of nitriles is 1. The number of rotatable bonds is 2. The number of hydrogen-bond acceptors (Lipinski definition) is 3. The van der Waals surface area contributed by atoms with Gasteiger partial charge in [-0.3, -0.25) is 4.98 Å². The molecule has 0 aliphatic carbocycles. The van der Waals surface area contributed by atoms with Crippen molar-refractivity contribution in [3.63, 3.8) is 0 Å². The van der Waals surface area contributed by atoms with Crippen LogP contribution in [0.2, 0.25) is 0 Å². The summed E-state index contributed by atoms with van der Waals surface area (Å²) in [6, 6.07) is 2.28. The van der Waals surface area contributed by atoms with Gasteiger partial charge in [-0.2, -0.15) is 22.8 Å². The molecule has 1 aromatic rings. The van der Waals surface area contributed by atoms with Crippen LogP contribution in [0, 0.1) is 11.5 Å². The second-order valence-corrected chi connectivity index (χ2v) is 4.66. The molecule has 0 fully saturated rings. The average molecular weight is 247 g/mol. The standard InChI is InChI=1S/C9H8F3N3S/c1-16(15-6-13)5-7-2-3-8(14-4-7)9(10,11)12/h2-4H,5H2,1H3. The molecule has 0 radical (unpaired) electrons. The van der Waals surface area contributed by atoms with Gasteiger partial charge in [0.15, 0.2) is 0 Å². The summed E-state index contributed by atoms with van der Waals surface area (Å²) in [5.41, 5.74) is -0.276. The van der Waals surface area contributed by atoms with Crippen molar-refractivity contribution < 1.29 is 13.2 Å². The maximum absolute atomic E-state index is 12.2. The molecule has 0 bridgehead atoms. The van der Waals surface area contributed by atoms with E-state index in [1.807, 2.05) is 0 Å². The lowest BCUT2D eigenvalue weighted by Crippen LogP contribution is -2.07. The highest BCUT2D eigenvalue weighted by Crippen LogP contribution is 2.27. The molecular formula is C9H8F3N3S. The first kappa shape index (κ1) is 12.6. The highest BCUT2D eigenvalue weighted by atomic mass is 32.2. The smallest absolute Gasteiger partial charge is 0.251 e. The van der Waals surface area contributed by atoms with Crippen LogP contribution in [0.3, 0.4) is 0 Å². The van der Waals surface area contributed by atoms with Crippen molar-refractivity contribution in [1.29, 1.82) is 5.26 Å². The SMILES string of the molecule is C/S(Cc1ccc(C(F)(F)F)nc1)=N\C#N. The van der Waals surface area contributed by atoms with Gasteiger partial charge in [0.05, 0.1) is 0 Å². The van der Waals surface area contributed by atoms with E-state index in [1.165, 1.54) is 12.3 Å². The van der Waals surface area contributed by atoms with E-state index < -0.39 is 22.6 Å². The third-order valence-electron chi connectivity index (χ3n) is 1.69. The molecule has 16 heavy (non-hydrogen) atoms. The van der Waals surface area contributed by atoms with Gasteiger partial charge in [-0.15, -0.1) is 0 Å². The molecule has 86 valence electrons. The minimum Gasteiger partial charge on any atom is -0.251 e. The van der Waals surface area contributed by atoms with Gasteiger partial charge in [0.1, 0.15) is 5.69 Å². The van der Waals surface area contributed by atoms with Gasteiger partial charge in [-0.05, 0) is 17.9 Å². The van der Waals surface area contributed by atoms with Gasteiger partial charge >= 0.3 is 6.18 Å². The first-order valence-corrected chi connectivity index (χ1v) is 5.94. The molecule has 7 heteroatoms. The fraction of sp³-hybridized carbons (Fsp3) is 0.333. The molecule has 1 unspecified atom stereocenters. The zero-order valence-corrected chi connectivity index (χ0v) is 9.14. The van der Waals surface area contributed by atoms with E-state index in [1.54, 1.807) is 12.4 Å². The topological polar surface area (TPSA) is 49.0 Å². The van der Waals surface area contributed by atoms with Gasteiger partial charge in [-0.25, -0.2) is 0 Å².